The molecule has 1 heterocycles. The van der Waals surface area contributed by atoms with E-state index in [9.17, 15) is 14.9 Å². The molecule has 0 saturated heterocycles. The third kappa shape index (κ3) is 3.37. The van der Waals surface area contributed by atoms with E-state index in [1.165, 1.54) is 39.9 Å². The predicted octanol–water partition coefficient (Wildman–Crippen LogP) is 3.78. The number of hydrogen-bond acceptors (Lipinski definition) is 4. The second kappa shape index (κ2) is 6.58. The number of nitrogens with one attached hydrogen (secondary N) is 1. The molecular weight excluding hydrogens is 312 g/mol. The SMILES string of the molecule is O=C(NCCc1csc2ccccc12)c1ccc([N+](=O)[O-])cc1. The average molecular weight is 326 g/mol. The molecule has 0 fully saturated rings. The molecule has 3 aromatic rings. The molecule has 1 amide bonds. The first-order chi connectivity index (χ1) is 11.1. The molecule has 5 nitrogen and oxygen atoms in total. The Kier molecular flexibility index (Phi) is 4.34. The lowest BCUT2D eigenvalue weighted by Gasteiger charge is -2.05. The molecule has 6 heteroatoms. The highest BCUT2D eigenvalue weighted by molar-refractivity contribution is 7.17. The van der Waals surface area contributed by atoms with Crippen molar-refractivity contribution in [1.82, 2.24) is 5.32 Å². The Labute approximate surface area is 136 Å². The van der Waals surface area contributed by atoms with Gasteiger partial charge in [0.2, 0.25) is 0 Å². The van der Waals surface area contributed by atoms with E-state index in [0.717, 1.165) is 6.42 Å². The number of rotatable bonds is 5. The van der Waals surface area contributed by atoms with Crippen molar-refractivity contribution in [2.45, 2.75) is 6.42 Å². The number of nitrogens with zero attached hydrogens (tertiary/aromatic N) is 1. The van der Waals surface area contributed by atoms with E-state index in [0.29, 0.717) is 12.1 Å². The fraction of sp³-hybridized carbons (Fsp3) is 0.118. The van der Waals surface area contributed by atoms with Crippen molar-refractivity contribution in [3.63, 3.8) is 0 Å². The summed E-state index contributed by atoms with van der Waals surface area (Å²) in [7, 11) is 0. The Morgan fingerprint density at radius 1 is 1.13 bits per heavy atom. The maximum Gasteiger partial charge on any atom is 0.269 e. The van der Waals surface area contributed by atoms with Crippen molar-refractivity contribution in [2.24, 2.45) is 0 Å². The number of carbonyl (C=O) groups is 1. The van der Waals surface area contributed by atoms with Crippen LogP contribution < -0.4 is 5.32 Å². The highest BCUT2D eigenvalue weighted by Gasteiger charge is 2.09. The van der Waals surface area contributed by atoms with Crippen LogP contribution in [0.15, 0.2) is 53.9 Å². The van der Waals surface area contributed by atoms with Gasteiger partial charge in [-0.3, -0.25) is 14.9 Å². The van der Waals surface area contributed by atoms with Crippen LogP contribution in [0.5, 0.6) is 0 Å². The molecular formula is C17H14N2O3S. The lowest BCUT2D eigenvalue weighted by atomic mass is 10.1. The molecule has 116 valence electrons. The molecule has 0 saturated carbocycles. The minimum absolute atomic E-state index is 0.0220. The van der Waals surface area contributed by atoms with Crippen LogP contribution in [0.3, 0.4) is 0 Å². The zero-order valence-corrected chi connectivity index (χ0v) is 13.0. The smallest absolute Gasteiger partial charge is 0.269 e. The number of non-ortho nitro benzene ring substituents is 1. The van der Waals surface area contributed by atoms with E-state index in [2.05, 4.69) is 22.8 Å². The second-order valence-electron chi connectivity index (χ2n) is 5.07. The van der Waals surface area contributed by atoms with Crippen molar-refractivity contribution in [3.8, 4) is 0 Å². The highest BCUT2D eigenvalue weighted by atomic mass is 32.1. The standard InChI is InChI=1S/C17H14N2O3S/c20-17(12-5-7-14(8-6-12)19(21)22)18-10-9-13-11-23-16-4-2-1-3-15(13)16/h1-8,11H,9-10H2,(H,18,20). The molecule has 0 spiro atoms. The van der Waals surface area contributed by atoms with Crippen molar-refractivity contribution in [3.05, 3.63) is 75.2 Å². The van der Waals surface area contributed by atoms with Gasteiger partial charge in [-0.2, -0.15) is 0 Å². The Morgan fingerprint density at radius 3 is 2.61 bits per heavy atom. The molecule has 0 bridgehead atoms. The largest absolute Gasteiger partial charge is 0.352 e. The summed E-state index contributed by atoms with van der Waals surface area (Å²) in [5.41, 5.74) is 1.62. The van der Waals surface area contributed by atoms with Crippen molar-refractivity contribution < 1.29 is 9.72 Å². The molecule has 0 atom stereocenters. The van der Waals surface area contributed by atoms with Crippen LogP contribution in [0.4, 0.5) is 5.69 Å². The summed E-state index contributed by atoms with van der Waals surface area (Å²) in [5.74, 6) is -0.223. The molecule has 0 aliphatic rings. The fourth-order valence-corrected chi connectivity index (χ4v) is 3.37. The molecule has 0 aliphatic carbocycles. The number of nitro benzene ring substituents is 1. The first kappa shape index (κ1) is 15.2. The molecule has 0 aliphatic heterocycles. The van der Waals surface area contributed by atoms with Gasteiger partial charge in [-0.05, 0) is 40.9 Å². The van der Waals surface area contributed by atoms with Crippen LogP contribution in [0.25, 0.3) is 10.1 Å². The zero-order chi connectivity index (χ0) is 16.2. The number of benzene rings is 2. The Balaban J connectivity index is 1.60. The quantitative estimate of drug-likeness (QED) is 0.573. The first-order valence-corrected chi connectivity index (χ1v) is 8.01. The van der Waals surface area contributed by atoms with Gasteiger partial charge in [0.1, 0.15) is 0 Å². The van der Waals surface area contributed by atoms with Crippen molar-refractivity contribution >= 4 is 33.0 Å². The number of hydrogen-bond donors (Lipinski definition) is 1. The van der Waals surface area contributed by atoms with Crippen LogP contribution >= 0.6 is 11.3 Å². The third-order valence-corrected chi connectivity index (χ3v) is 4.59. The van der Waals surface area contributed by atoms with Gasteiger partial charge >= 0.3 is 0 Å². The van der Waals surface area contributed by atoms with Gasteiger partial charge in [0.05, 0.1) is 4.92 Å². The van der Waals surface area contributed by atoms with Gasteiger partial charge in [0.15, 0.2) is 0 Å². The zero-order valence-electron chi connectivity index (χ0n) is 12.2. The molecule has 0 unspecified atom stereocenters. The normalized spacial score (nSPS) is 10.6. The van der Waals surface area contributed by atoms with Crippen LogP contribution in [0, 0.1) is 10.1 Å². The van der Waals surface area contributed by atoms with E-state index in [1.54, 1.807) is 11.3 Å². The monoisotopic (exact) mass is 326 g/mol. The summed E-state index contributed by atoms with van der Waals surface area (Å²) >= 11 is 1.70. The number of nitro groups is 1. The van der Waals surface area contributed by atoms with E-state index in [4.69, 9.17) is 0 Å². The Hall–Kier alpha value is -2.73. The molecule has 0 radical (unpaired) electrons. The maximum absolute atomic E-state index is 12.0. The molecule has 2 aromatic carbocycles. The van der Waals surface area contributed by atoms with Gasteiger partial charge in [0.25, 0.3) is 11.6 Å². The summed E-state index contributed by atoms with van der Waals surface area (Å²) in [6, 6.07) is 13.8. The van der Waals surface area contributed by atoms with E-state index >= 15 is 0 Å². The number of amides is 1. The summed E-state index contributed by atoms with van der Waals surface area (Å²) in [4.78, 5) is 22.2. The maximum atomic E-state index is 12.0. The van der Waals surface area contributed by atoms with Crippen LogP contribution in [0.2, 0.25) is 0 Å². The molecule has 3 rings (SSSR count). The molecule has 23 heavy (non-hydrogen) atoms. The second-order valence-corrected chi connectivity index (χ2v) is 5.98. The first-order valence-electron chi connectivity index (χ1n) is 7.13. The van der Waals surface area contributed by atoms with E-state index in [-0.39, 0.29) is 11.6 Å². The lowest BCUT2D eigenvalue weighted by molar-refractivity contribution is -0.384. The molecule has 1 aromatic heterocycles. The van der Waals surface area contributed by atoms with Crippen LogP contribution in [-0.4, -0.2) is 17.4 Å². The summed E-state index contributed by atoms with van der Waals surface area (Å²) in [6.07, 6.45) is 0.753. The average Bonchev–Trinajstić information content (AvgIpc) is 2.98. The van der Waals surface area contributed by atoms with Gasteiger partial charge in [-0.15, -0.1) is 11.3 Å². The van der Waals surface area contributed by atoms with E-state index in [1.807, 2.05) is 12.1 Å². The fourth-order valence-electron chi connectivity index (χ4n) is 2.37. The minimum Gasteiger partial charge on any atom is -0.352 e. The van der Waals surface area contributed by atoms with Gasteiger partial charge < -0.3 is 5.32 Å². The number of carbonyl (C=O) groups excluding carboxylic acids is 1. The summed E-state index contributed by atoms with van der Waals surface area (Å²) < 4.78 is 1.24. The van der Waals surface area contributed by atoms with Crippen LogP contribution in [0.1, 0.15) is 15.9 Å². The number of fused-ring (bicyclic) bond motifs is 1. The van der Waals surface area contributed by atoms with Crippen molar-refractivity contribution in [2.75, 3.05) is 6.54 Å². The van der Waals surface area contributed by atoms with Crippen LogP contribution in [-0.2, 0) is 6.42 Å². The van der Waals surface area contributed by atoms with E-state index < -0.39 is 4.92 Å². The van der Waals surface area contributed by atoms with Gasteiger partial charge in [-0.1, -0.05) is 18.2 Å². The molecule has 1 N–H and O–H groups in total. The Morgan fingerprint density at radius 2 is 1.87 bits per heavy atom. The summed E-state index contributed by atoms with van der Waals surface area (Å²) in [6.45, 7) is 0.524. The highest BCUT2D eigenvalue weighted by Crippen LogP contribution is 2.25. The minimum atomic E-state index is -0.483. The topological polar surface area (TPSA) is 72.2 Å². The van der Waals surface area contributed by atoms with Gasteiger partial charge in [-0.25, -0.2) is 0 Å². The number of thiophene rings is 1. The third-order valence-electron chi connectivity index (χ3n) is 3.58. The predicted molar refractivity (Wildman–Crippen MR) is 91.0 cm³/mol. The Bertz CT molecular complexity index is 856. The van der Waals surface area contributed by atoms with Crippen molar-refractivity contribution in [1.29, 1.82) is 0 Å². The van der Waals surface area contributed by atoms with Gasteiger partial charge in [0, 0.05) is 28.9 Å². The summed E-state index contributed by atoms with van der Waals surface area (Å²) in [5, 5.41) is 16.8. The lowest BCUT2D eigenvalue weighted by Crippen LogP contribution is -2.25.